The second-order valence-electron chi connectivity index (χ2n) is 5.65. The number of nitro groups is 1. The predicted molar refractivity (Wildman–Crippen MR) is 79.3 cm³/mol. The van der Waals surface area contributed by atoms with Gasteiger partial charge in [-0.15, -0.1) is 0 Å². The fraction of sp³-hybridized carbons (Fsp3) is 0.600. The van der Waals surface area contributed by atoms with Gasteiger partial charge in [-0.25, -0.2) is 0 Å². The standard InChI is InChI=1S/C15H20N2O5/c1-4-10(17(18)19)13-12-9(5-6-16(13)2)7-11-14(15(12)20-3)22-8-21-11/h7,10,13H,4-6,8H2,1-3H3/t10-,13-/m0/s1. The summed E-state index contributed by atoms with van der Waals surface area (Å²) in [4.78, 5) is 13.3. The van der Waals surface area contributed by atoms with Gasteiger partial charge in [-0.3, -0.25) is 15.0 Å². The molecule has 2 aliphatic heterocycles. The summed E-state index contributed by atoms with van der Waals surface area (Å²) in [5.74, 6) is 1.79. The Balaban J connectivity index is 2.18. The molecule has 1 aromatic carbocycles. The zero-order valence-electron chi connectivity index (χ0n) is 13.0. The Hall–Kier alpha value is -2.02. The zero-order valence-corrected chi connectivity index (χ0v) is 13.0. The number of ether oxygens (including phenoxy) is 3. The molecule has 0 aromatic heterocycles. The monoisotopic (exact) mass is 308 g/mol. The van der Waals surface area contributed by atoms with Gasteiger partial charge in [-0.05, 0) is 25.1 Å². The Morgan fingerprint density at radius 3 is 2.95 bits per heavy atom. The summed E-state index contributed by atoms with van der Waals surface area (Å²) in [5.41, 5.74) is 1.91. The van der Waals surface area contributed by atoms with Gasteiger partial charge in [-0.1, -0.05) is 6.92 Å². The Bertz CT molecular complexity index is 604. The molecule has 0 bridgehead atoms. The first-order valence-corrected chi connectivity index (χ1v) is 7.41. The van der Waals surface area contributed by atoms with Gasteiger partial charge >= 0.3 is 0 Å². The fourth-order valence-electron chi connectivity index (χ4n) is 3.44. The first-order chi connectivity index (χ1) is 10.6. The van der Waals surface area contributed by atoms with Crippen LogP contribution in [0.3, 0.4) is 0 Å². The van der Waals surface area contributed by atoms with Crippen LogP contribution in [-0.2, 0) is 6.42 Å². The van der Waals surface area contributed by atoms with Crippen LogP contribution in [0.4, 0.5) is 0 Å². The summed E-state index contributed by atoms with van der Waals surface area (Å²) < 4.78 is 16.5. The van der Waals surface area contributed by atoms with Crippen molar-refractivity contribution in [1.82, 2.24) is 4.90 Å². The number of hydrogen-bond acceptors (Lipinski definition) is 6. The van der Waals surface area contributed by atoms with E-state index in [4.69, 9.17) is 14.2 Å². The minimum Gasteiger partial charge on any atom is -0.492 e. The molecule has 2 aliphatic rings. The lowest BCUT2D eigenvalue weighted by molar-refractivity contribution is -0.532. The van der Waals surface area contributed by atoms with Crippen molar-refractivity contribution in [3.05, 3.63) is 27.3 Å². The lowest BCUT2D eigenvalue weighted by Gasteiger charge is -2.36. The van der Waals surface area contributed by atoms with Gasteiger partial charge in [0.05, 0.1) is 7.11 Å². The van der Waals surface area contributed by atoms with Crippen molar-refractivity contribution in [1.29, 1.82) is 0 Å². The molecule has 0 amide bonds. The number of benzene rings is 1. The number of nitrogens with zero attached hydrogens (tertiary/aromatic N) is 2. The highest BCUT2D eigenvalue weighted by Crippen LogP contribution is 2.50. The molecule has 120 valence electrons. The van der Waals surface area contributed by atoms with E-state index in [1.165, 1.54) is 0 Å². The van der Waals surface area contributed by atoms with Crippen LogP contribution < -0.4 is 14.2 Å². The van der Waals surface area contributed by atoms with Crippen LogP contribution in [0, 0.1) is 10.1 Å². The molecule has 2 heterocycles. The second-order valence-corrected chi connectivity index (χ2v) is 5.65. The lowest BCUT2D eigenvalue weighted by atomic mass is 9.86. The van der Waals surface area contributed by atoms with Crippen LogP contribution in [0.5, 0.6) is 17.2 Å². The SMILES string of the molecule is CC[C@@H]([C@H]1c2c(cc3c(c2OC)OCO3)CCN1C)[N+](=O)[O-]. The molecule has 0 saturated heterocycles. The van der Waals surface area contributed by atoms with Crippen LogP contribution >= 0.6 is 0 Å². The van der Waals surface area contributed by atoms with Crippen molar-refractivity contribution in [2.75, 3.05) is 27.5 Å². The summed E-state index contributed by atoms with van der Waals surface area (Å²) in [5, 5.41) is 11.5. The number of methoxy groups -OCH3 is 1. The number of hydrogen-bond donors (Lipinski definition) is 0. The van der Waals surface area contributed by atoms with E-state index in [9.17, 15) is 10.1 Å². The molecule has 0 unspecified atom stereocenters. The van der Waals surface area contributed by atoms with Gasteiger partial charge in [0.15, 0.2) is 11.5 Å². The van der Waals surface area contributed by atoms with Gasteiger partial charge in [-0.2, -0.15) is 0 Å². The molecular formula is C15H20N2O5. The molecule has 22 heavy (non-hydrogen) atoms. The van der Waals surface area contributed by atoms with Crippen molar-refractivity contribution in [2.45, 2.75) is 31.8 Å². The minimum absolute atomic E-state index is 0.154. The van der Waals surface area contributed by atoms with E-state index >= 15 is 0 Å². The van der Waals surface area contributed by atoms with Crippen LogP contribution in [0.15, 0.2) is 6.07 Å². The average molecular weight is 308 g/mol. The van der Waals surface area contributed by atoms with Crippen LogP contribution in [0.25, 0.3) is 0 Å². The first-order valence-electron chi connectivity index (χ1n) is 7.41. The maximum Gasteiger partial charge on any atom is 0.232 e. The Morgan fingerprint density at radius 2 is 2.32 bits per heavy atom. The third-order valence-corrected chi connectivity index (χ3v) is 4.51. The van der Waals surface area contributed by atoms with E-state index in [-0.39, 0.29) is 17.8 Å². The normalized spacial score (nSPS) is 21.3. The average Bonchev–Trinajstić information content (AvgIpc) is 2.95. The minimum atomic E-state index is -0.682. The summed E-state index contributed by atoms with van der Waals surface area (Å²) >= 11 is 0. The van der Waals surface area contributed by atoms with E-state index < -0.39 is 6.04 Å². The molecule has 7 heteroatoms. The third-order valence-electron chi connectivity index (χ3n) is 4.51. The maximum atomic E-state index is 11.5. The Kier molecular flexibility index (Phi) is 3.82. The highest BCUT2D eigenvalue weighted by atomic mass is 16.7. The largest absolute Gasteiger partial charge is 0.492 e. The van der Waals surface area contributed by atoms with Crippen molar-refractivity contribution < 1.29 is 19.1 Å². The van der Waals surface area contributed by atoms with Crippen molar-refractivity contribution in [3.8, 4) is 17.2 Å². The quantitative estimate of drug-likeness (QED) is 0.626. The van der Waals surface area contributed by atoms with Crippen molar-refractivity contribution in [2.24, 2.45) is 0 Å². The lowest BCUT2D eigenvalue weighted by Crippen LogP contribution is -2.42. The summed E-state index contributed by atoms with van der Waals surface area (Å²) in [6, 6.07) is 0.930. The third kappa shape index (κ3) is 2.16. The zero-order chi connectivity index (χ0) is 15.9. The second kappa shape index (κ2) is 5.64. The molecule has 2 atom stereocenters. The van der Waals surface area contributed by atoms with Gasteiger partial charge in [0.1, 0.15) is 6.04 Å². The van der Waals surface area contributed by atoms with E-state index in [0.29, 0.717) is 23.7 Å². The van der Waals surface area contributed by atoms with Crippen LogP contribution in [-0.4, -0.2) is 43.4 Å². The summed E-state index contributed by atoms with van der Waals surface area (Å²) in [6.07, 6.45) is 1.27. The molecule has 7 nitrogen and oxygen atoms in total. The van der Waals surface area contributed by atoms with E-state index in [1.807, 2.05) is 24.9 Å². The van der Waals surface area contributed by atoms with Crippen LogP contribution in [0.1, 0.15) is 30.5 Å². The number of fused-ring (bicyclic) bond motifs is 2. The molecule has 1 aromatic rings. The molecular weight excluding hydrogens is 288 g/mol. The molecule has 0 N–H and O–H groups in total. The molecule has 0 radical (unpaired) electrons. The van der Waals surface area contributed by atoms with Gasteiger partial charge in [0, 0.05) is 23.5 Å². The van der Waals surface area contributed by atoms with Gasteiger partial charge in [0.2, 0.25) is 18.6 Å². The van der Waals surface area contributed by atoms with Gasteiger partial charge in [0.25, 0.3) is 0 Å². The summed E-state index contributed by atoms with van der Waals surface area (Å²) in [7, 11) is 3.49. The van der Waals surface area contributed by atoms with E-state index in [1.54, 1.807) is 7.11 Å². The predicted octanol–water partition coefficient (Wildman–Crippen LogP) is 2.01. The smallest absolute Gasteiger partial charge is 0.232 e. The Labute approximate surface area is 128 Å². The Morgan fingerprint density at radius 1 is 1.55 bits per heavy atom. The topological polar surface area (TPSA) is 74.1 Å². The molecule has 0 saturated carbocycles. The van der Waals surface area contributed by atoms with Crippen LogP contribution in [0.2, 0.25) is 0 Å². The van der Waals surface area contributed by atoms with E-state index in [2.05, 4.69) is 0 Å². The fourth-order valence-corrected chi connectivity index (χ4v) is 3.44. The number of likely N-dealkylation sites (N-methyl/N-ethyl adjacent to an activating group) is 1. The first kappa shape index (κ1) is 14.9. The highest BCUT2D eigenvalue weighted by Gasteiger charge is 2.42. The number of rotatable bonds is 4. The van der Waals surface area contributed by atoms with Crippen molar-refractivity contribution >= 4 is 0 Å². The maximum absolute atomic E-state index is 11.5. The molecule has 3 rings (SSSR count). The van der Waals surface area contributed by atoms with E-state index in [0.717, 1.165) is 24.1 Å². The summed E-state index contributed by atoms with van der Waals surface area (Å²) in [6.45, 7) is 2.77. The highest BCUT2D eigenvalue weighted by molar-refractivity contribution is 5.62. The van der Waals surface area contributed by atoms with Gasteiger partial charge < -0.3 is 14.2 Å². The molecule has 0 spiro atoms. The van der Waals surface area contributed by atoms with Crippen molar-refractivity contribution in [3.63, 3.8) is 0 Å². The molecule has 0 aliphatic carbocycles. The molecule has 0 fully saturated rings.